The predicted octanol–water partition coefficient (Wildman–Crippen LogP) is -1.06. The number of hydrogen-bond donors (Lipinski definition) is 5. The van der Waals surface area contributed by atoms with Gasteiger partial charge in [-0.1, -0.05) is 6.07 Å². The molecule has 0 saturated carbocycles. The van der Waals surface area contributed by atoms with Crippen LogP contribution in [0.1, 0.15) is 20.7 Å². The monoisotopic (exact) mass is 223 g/mol. The van der Waals surface area contributed by atoms with Crippen molar-refractivity contribution in [2.75, 3.05) is 12.4 Å². The third kappa shape index (κ3) is 2.10. The minimum Gasteiger partial charge on any atom is -0.387 e. The fraction of sp³-hybridized carbons (Fsp3) is 0.111. The SMILES string of the molecule is CNc1cccc(C(=O)NN)c1C(=O)NN. The Morgan fingerprint density at radius 1 is 1.12 bits per heavy atom. The van der Waals surface area contributed by atoms with Crippen molar-refractivity contribution in [1.82, 2.24) is 10.9 Å². The Balaban J connectivity index is 3.37. The van der Waals surface area contributed by atoms with E-state index >= 15 is 0 Å². The van der Waals surface area contributed by atoms with E-state index in [1.54, 1.807) is 19.2 Å². The third-order valence-electron chi connectivity index (χ3n) is 2.07. The lowest BCUT2D eigenvalue weighted by atomic mass is 10.0. The van der Waals surface area contributed by atoms with Crippen LogP contribution in [0.5, 0.6) is 0 Å². The van der Waals surface area contributed by atoms with Crippen LogP contribution in [0.15, 0.2) is 18.2 Å². The van der Waals surface area contributed by atoms with Crippen LogP contribution in [0.4, 0.5) is 5.69 Å². The minimum atomic E-state index is -0.566. The summed E-state index contributed by atoms with van der Waals surface area (Å²) in [7, 11) is 1.63. The van der Waals surface area contributed by atoms with Gasteiger partial charge in [-0.2, -0.15) is 0 Å². The summed E-state index contributed by atoms with van der Waals surface area (Å²) in [5.74, 6) is 8.95. The van der Waals surface area contributed by atoms with Gasteiger partial charge in [0.15, 0.2) is 0 Å². The van der Waals surface area contributed by atoms with Gasteiger partial charge in [-0.05, 0) is 12.1 Å². The first kappa shape index (κ1) is 12.0. The fourth-order valence-corrected chi connectivity index (χ4v) is 1.34. The Labute approximate surface area is 92.1 Å². The number of rotatable bonds is 3. The second-order valence-corrected chi connectivity index (χ2v) is 2.93. The maximum atomic E-state index is 11.5. The lowest BCUT2D eigenvalue weighted by molar-refractivity contribution is 0.0920. The number of hydrogen-bond acceptors (Lipinski definition) is 5. The molecule has 86 valence electrons. The number of nitrogen functional groups attached to an aromatic ring is 2. The maximum Gasteiger partial charge on any atom is 0.268 e. The molecule has 7 N–H and O–H groups in total. The van der Waals surface area contributed by atoms with E-state index in [0.29, 0.717) is 5.69 Å². The minimum absolute atomic E-state index is 0.149. The quantitative estimate of drug-likeness (QED) is 0.254. The lowest BCUT2D eigenvalue weighted by Gasteiger charge is -2.11. The number of hydrazine groups is 2. The van der Waals surface area contributed by atoms with E-state index in [1.807, 2.05) is 10.9 Å². The molecule has 0 atom stereocenters. The molecular formula is C9H13N5O2. The molecule has 1 aromatic rings. The first-order valence-corrected chi connectivity index (χ1v) is 4.48. The van der Waals surface area contributed by atoms with Crippen molar-refractivity contribution in [2.24, 2.45) is 11.7 Å². The number of anilines is 1. The Morgan fingerprint density at radius 2 is 1.75 bits per heavy atom. The number of carbonyl (C=O) groups is 2. The molecule has 0 saturated heterocycles. The van der Waals surface area contributed by atoms with E-state index in [-0.39, 0.29) is 11.1 Å². The van der Waals surface area contributed by atoms with E-state index in [9.17, 15) is 9.59 Å². The maximum absolute atomic E-state index is 11.5. The van der Waals surface area contributed by atoms with Crippen molar-refractivity contribution < 1.29 is 9.59 Å². The average Bonchev–Trinajstić information content (AvgIpc) is 2.35. The highest BCUT2D eigenvalue weighted by atomic mass is 16.2. The molecule has 16 heavy (non-hydrogen) atoms. The molecule has 0 aliphatic carbocycles. The third-order valence-corrected chi connectivity index (χ3v) is 2.07. The summed E-state index contributed by atoms with van der Waals surface area (Å²) in [4.78, 5) is 23.0. The molecule has 2 amide bonds. The normalized spacial score (nSPS) is 9.44. The first-order chi connectivity index (χ1) is 7.65. The molecule has 0 unspecified atom stereocenters. The van der Waals surface area contributed by atoms with Crippen LogP contribution in [0.3, 0.4) is 0 Å². The molecule has 7 heteroatoms. The van der Waals surface area contributed by atoms with Crippen LogP contribution >= 0.6 is 0 Å². The van der Waals surface area contributed by atoms with Crippen molar-refractivity contribution in [3.8, 4) is 0 Å². The fourth-order valence-electron chi connectivity index (χ4n) is 1.34. The molecule has 0 bridgehead atoms. The van der Waals surface area contributed by atoms with Gasteiger partial charge in [-0.15, -0.1) is 0 Å². The molecule has 0 fully saturated rings. The second kappa shape index (κ2) is 5.10. The molecule has 0 aliphatic heterocycles. The summed E-state index contributed by atoms with van der Waals surface area (Å²) in [6, 6.07) is 4.76. The second-order valence-electron chi connectivity index (χ2n) is 2.93. The predicted molar refractivity (Wildman–Crippen MR) is 59.3 cm³/mol. The lowest BCUT2D eigenvalue weighted by Crippen LogP contribution is -2.35. The highest BCUT2D eigenvalue weighted by molar-refractivity contribution is 6.10. The molecule has 7 nitrogen and oxygen atoms in total. The van der Waals surface area contributed by atoms with Gasteiger partial charge in [0.1, 0.15) is 0 Å². The van der Waals surface area contributed by atoms with Crippen LogP contribution in [-0.2, 0) is 0 Å². The number of carbonyl (C=O) groups excluding carboxylic acids is 2. The van der Waals surface area contributed by atoms with Gasteiger partial charge in [-0.3, -0.25) is 20.4 Å². The smallest absolute Gasteiger partial charge is 0.268 e. The van der Waals surface area contributed by atoms with Crippen molar-refractivity contribution in [1.29, 1.82) is 0 Å². The largest absolute Gasteiger partial charge is 0.387 e. The van der Waals surface area contributed by atoms with Crippen molar-refractivity contribution in [3.63, 3.8) is 0 Å². The van der Waals surface area contributed by atoms with E-state index in [1.165, 1.54) is 6.07 Å². The summed E-state index contributed by atoms with van der Waals surface area (Å²) in [5, 5.41) is 2.79. The van der Waals surface area contributed by atoms with Gasteiger partial charge >= 0.3 is 0 Å². The average molecular weight is 223 g/mol. The van der Waals surface area contributed by atoms with Gasteiger partial charge in [0.2, 0.25) is 0 Å². The van der Waals surface area contributed by atoms with Crippen molar-refractivity contribution >= 4 is 17.5 Å². The Hall–Kier alpha value is -2.12. The molecule has 0 radical (unpaired) electrons. The van der Waals surface area contributed by atoms with Gasteiger partial charge in [0.05, 0.1) is 11.1 Å². The molecule has 0 aliphatic rings. The topological polar surface area (TPSA) is 122 Å². The summed E-state index contributed by atoms with van der Waals surface area (Å²) in [5.41, 5.74) is 4.73. The van der Waals surface area contributed by atoms with Crippen LogP contribution < -0.4 is 27.9 Å². The van der Waals surface area contributed by atoms with E-state index < -0.39 is 11.8 Å². The van der Waals surface area contributed by atoms with Crippen LogP contribution in [0.25, 0.3) is 0 Å². The Morgan fingerprint density at radius 3 is 2.25 bits per heavy atom. The van der Waals surface area contributed by atoms with Crippen molar-refractivity contribution in [2.45, 2.75) is 0 Å². The molecule has 0 heterocycles. The van der Waals surface area contributed by atoms with E-state index in [0.717, 1.165) is 0 Å². The molecule has 0 aromatic heterocycles. The highest BCUT2D eigenvalue weighted by Crippen LogP contribution is 2.19. The van der Waals surface area contributed by atoms with Crippen LogP contribution in [-0.4, -0.2) is 18.9 Å². The molecule has 0 spiro atoms. The van der Waals surface area contributed by atoms with Crippen LogP contribution in [0.2, 0.25) is 0 Å². The number of benzene rings is 1. The van der Waals surface area contributed by atoms with Crippen LogP contribution in [0, 0.1) is 0 Å². The van der Waals surface area contributed by atoms with Gasteiger partial charge in [-0.25, -0.2) is 11.7 Å². The highest BCUT2D eigenvalue weighted by Gasteiger charge is 2.19. The van der Waals surface area contributed by atoms with E-state index in [4.69, 9.17) is 11.7 Å². The molecule has 1 rings (SSSR count). The molecular weight excluding hydrogens is 210 g/mol. The first-order valence-electron chi connectivity index (χ1n) is 4.48. The zero-order valence-electron chi connectivity index (χ0n) is 8.70. The summed E-state index contributed by atoms with van der Waals surface area (Å²) < 4.78 is 0. The van der Waals surface area contributed by atoms with E-state index in [2.05, 4.69) is 5.32 Å². The standard InChI is InChI=1S/C9H13N5O2/c1-12-6-4-2-3-5(8(15)13-10)7(6)9(16)14-11/h2-4,12H,10-11H2,1H3,(H,13,15)(H,14,16). The number of nitrogens with two attached hydrogens (primary N) is 2. The summed E-state index contributed by atoms with van der Waals surface area (Å²) >= 11 is 0. The summed E-state index contributed by atoms with van der Waals surface area (Å²) in [6.07, 6.45) is 0. The zero-order valence-corrected chi connectivity index (χ0v) is 8.70. The Kier molecular flexibility index (Phi) is 3.81. The number of amides is 2. The van der Waals surface area contributed by atoms with Gasteiger partial charge in [0, 0.05) is 12.7 Å². The van der Waals surface area contributed by atoms with Crippen molar-refractivity contribution in [3.05, 3.63) is 29.3 Å². The molecule has 1 aromatic carbocycles. The van der Waals surface area contributed by atoms with Gasteiger partial charge in [0.25, 0.3) is 11.8 Å². The summed E-state index contributed by atoms with van der Waals surface area (Å²) in [6.45, 7) is 0. The van der Waals surface area contributed by atoms with Gasteiger partial charge < -0.3 is 5.32 Å². The Bertz CT molecular complexity index is 418. The zero-order chi connectivity index (χ0) is 12.1. The number of nitrogens with one attached hydrogen (secondary N) is 3.